The number of rotatable bonds is 3. The Balaban J connectivity index is 1.93. The van der Waals surface area contributed by atoms with E-state index in [-0.39, 0.29) is 12.2 Å². The van der Waals surface area contributed by atoms with Crippen molar-refractivity contribution in [2.75, 3.05) is 0 Å². The Bertz CT molecular complexity index is 462. The van der Waals surface area contributed by atoms with Gasteiger partial charge in [0, 0.05) is 0 Å². The van der Waals surface area contributed by atoms with Crippen LogP contribution in [0.1, 0.15) is 68.4 Å². The van der Waals surface area contributed by atoms with Gasteiger partial charge < -0.3 is 10.2 Å². The minimum Gasteiger partial charge on any atom is -0.393 e. The average Bonchev–Trinajstić information content (AvgIpc) is 2.51. The van der Waals surface area contributed by atoms with E-state index in [1.165, 1.54) is 24.0 Å². The van der Waals surface area contributed by atoms with E-state index in [0.717, 1.165) is 38.5 Å². The molecule has 2 N–H and O–H groups in total. The van der Waals surface area contributed by atoms with Crippen molar-refractivity contribution >= 4 is 0 Å². The van der Waals surface area contributed by atoms with Crippen LogP contribution in [0.4, 0.5) is 0 Å². The molecular weight excluding hydrogens is 272 g/mol. The van der Waals surface area contributed by atoms with Crippen LogP contribution in [0, 0.1) is 18.8 Å². The van der Waals surface area contributed by atoms with Gasteiger partial charge in [-0.3, -0.25) is 0 Å². The molecule has 0 radical (unpaired) electrons. The van der Waals surface area contributed by atoms with Gasteiger partial charge in [0.2, 0.25) is 0 Å². The first kappa shape index (κ1) is 16.0. The zero-order chi connectivity index (χ0) is 15.5. The molecule has 0 spiro atoms. The minimum atomic E-state index is -0.201. The molecule has 3 rings (SSSR count). The molecule has 122 valence electrons. The summed E-state index contributed by atoms with van der Waals surface area (Å²) in [5.74, 6) is 0.937. The van der Waals surface area contributed by atoms with Gasteiger partial charge in [0.05, 0.1) is 12.2 Å². The zero-order valence-electron chi connectivity index (χ0n) is 13.7. The van der Waals surface area contributed by atoms with Gasteiger partial charge in [-0.15, -0.1) is 0 Å². The molecule has 2 aliphatic carbocycles. The fraction of sp³-hybridized carbons (Fsp3) is 0.700. The Morgan fingerprint density at radius 3 is 1.91 bits per heavy atom. The topological polar surface area (TPSA) is 40.5 Å². The Hall–Kier alpha value is -0.860. The molecule has 0 bridgehead atoms. The molecule has 0 aliphatic heterocycles. The predicted molar refractivity (Wildman–Crippen MR) is 89.8 cm³/mol. The number of hydrogen-bond acceptors (Lipinski definition) is 2. The summed E-state index contributed by atoms with van der Waals surface area (Å²) in [7, 11) is 0. The molecule has 1 aromatic carbocycles. The largest absolute Gasteiger partial charge is 0.393 e. The van der Waals surface area contributed by atoms with Crippen molar-refractivity contribution in [1.29, 1.82) is 0 Å². The lowest BCUT2D eigenvalue weighted by Gasteiger charge is -2.42. The normalized spacial score (nSPS) is 34.3. The fourth-order valence-corrected chi connectivity index (χ4v) is 4.81. The monoisotopic (exact) mass is 302 g/mol. The summed E-state index contributed by atoms with van der Waals surface area (Å²) in [6, 6.07) is 8.74. The summed E-state index contributed by atoms with van der Waals surface area (Å²) in [5, 5.41) is 21.2. The van der Waals surface area contributed by atoms with Crippen LogP contribution in [0.25, 0.3) is 0 Å². The smallest absolute Gasteiger partial charge is 0.0574 e. The van der Waals surface area contributed by atoms with E-state index in [0.29, 0.717) is 17.8 Å². The highest BCUT2D eigenvalue weighted by Crippen LogP contribution is 2.46. The molecular formula is C20H30O2. The van der Waals surface area contributed by atoms with Gasteiger partial charge in [0.1, 0.15) is 0 Å². The number of aliphatic hydroxyl groups excluding tert-OH is 2. The van der Waals surface area contributed by atoms with E-state index in [2.05, 4.69) is 31.2 Å². The van der Waals surface area contributed by atoms with Crippen LogP contribution in [-0.4, -0.2) is 22.4 Å². The maximum Gasteiger partial charge on any atom is 0.0574 e. The van der Waals surface area contributed by atoms with Gasteiger partial charge in [0.25, 0.3) is 0 Å². The summed E-state index contributed by atoms with van der Waals surface area (Å²) < 4.78 is 0. The highest BCUT2D eigenvalue weighted by molar-refractivity contribution is 5.27. The van der Waals surface area contributed by atoms with Crippen molar-refractivity contribution in [2.45, 2.75) is 76.4 Å². The number of benzene rings is 1. The SMILES string of the molecule is Cc1cccc(C(C2CCCCC2O)C2CCCCC2O)c1. The van der Waals surface area contributed by atoms with Gasteiger partial charge in [0.15, 0.2) is 0 Å². The highest BCUT2D eigenvalue weighted by atomic mass is 16.3. The van der Waals surface area contributed by atoms with Crippen molar-refractivity contribution in [3.63, 3.8) is 0 Å². The van der Waals surface area contributed by atoms with Gasteiger partial charge in [-0.1, -0.05) is 55.5 Å². The molecule has 0 saturated heterocycles. The van der Waals surface area contributed by atoms with E-state index < -0.39 is 0 Å². The third-order valence-electron chi connectivity index (χ3n) is 5.91. The summed E-state index contributed by atoms with van der Waals surface area (Å²) in [6.45, 7) is 2.13. The number of hydrogen-bond donors (Lipinski definition) is 2. The van der Waals surface area contributed by atoms with E-state index in [9.17, 15) is 10.2 Å². The molecule has 0 amide bonds. The van der Waals surface area contributed by atoms with Crippen LogP contribution in [0.5, 0.6) is 0 Å². The second-order valence-electron chi connectivity index (χ2n) is 7.47. The van der Waals surface area contributed by atoms with Gasteiger partial charge in [-0.2, -0.15) is 0 Å². The van der Waals surface area contributed by atoms with Crippen LogP contribution in [0.15, 0.2) is 24.3 Å². The summed E-state index contributed by atoms with van der Waals surface area (Å²) in [6.07, 6.45) is 8.37. The second-order valence-corrected chi connectivity index (χ2v) is 7.47. The lowest BCUT2D eigenvalue weighted by Crippen LogP contribution is -2.39. The Morgan fingerprint density at radius 1 is 0.864 bits per heavy atom. The van der Waals surface area contributed by atoms with E-state index in [4.69, 9.17) is 0 Å². The summed E-state index contributed by atoms with van der Waals surface area (Å²) in [4.78, 5) is 0. The predicted octanol–water partition coefficient (Wildman–Crippen LogP) is 4.18. The molecule has 2 heteroatoms. The highest BCUT2D eigenvalue weighted by Gasteiger charge is 2.40. The summed E-state index contributed by atoms with van der Waals surface area (Å²) >= 11 is 0. The molecule has 4 unspecified atom stereocenters. The van der Waals surface area contributed by atoms with Crippen LogP contribution in [0.3, 0.4) is 0 Å². The average molecular weight is 302 g/mol. The molecule has 4 atom stereocenters. The van der Waals surface area contributed by atoms with Gasteiger partial charge >= 0.3 is 0 Å². The summed E-state index contributed by atoms with van der Waals surface area (Å²) in [5.41, 5.74) is 2.61. The third kappa shape index (κ3) is 3.38. The third-order valence-corrected chi connectivity index (χ3v) is 5.91. The van der Waals surface area contributed by atoms with E-state index in [1.807, 2.05) is 0 Å². The molecule has 0 aromatic heterocycles. The molecule has 2 aliphatic rings. The standard InChI is InChI=1S/C20H30O2/c1-14-7-6-8-15(13-14)20(16-9-2-4-11-18(16)21)17-10-3-5-12-19(17)22/h6-8,13,16-22H,2-5,9-12H2,1H3. The van der Waals surface area contributed by atoms with Crippen molar-refractivity contribution in [3.8, 4) is 0 Å². The quantitative estimate of drug-likeness (QED) is 0.879. The van der Waals surface area contributed by atoms with Crippen LogP contribution >= 0.6 is 0 Å². The molecule has 2 saturated carbocycles. The maximum atomic E-state index is 10.6. The minimum absolute atomic E-state index is 0.201. The first-order valence-corrected chi connectivity index (χ1v) is 9.09. The van der Waals surface area contributed by atoms with Crippen LogP contribution in [-0.2, 0) is 0 Å². The molecule has 2 fully saturated rings. The van der Waals surface area contributed by atoms with E-state index >= 15 is 0 Å². The first-order chi connectivity index (χ1) is 10.7. The van der Waals surface area contributed by atoms with E-state index in [1.54, 1.807) is 0 Å². The van der Waals surface area contributed by atoms with Crippen LogP contribution < -0.4 is 0 Å². The number of aryl methyl sites for hydroxylation is 1. The zero-order valence-corrected chi connectivity index (χ0v) is 13.7. The molecule has 1 aromatic rings. The Labute approximate surface area is 134 Å². The molecule has 0 heterocycles. The van der Waals surface area contributed by atoms with Crippen molar-refractivity contribution in [2.24, 2.45) is 11.8 Å². The van der Waals surface area contributed by atoms with Gasteiger partial charge in [-0.25, -0.2) is 0 Å². The lowest BCUT2D eigenvalue weighted by atomic mass is 9.65. The molecule has 2 nitrogen and oxygen atoms in total. The van der Waals surface area contributed by atoms with Crippen molar-refractivity contribution < 1.29 is 10.2 Å². The fourth-order valence-electron chi connectivity index (χ4n) is 4.81. The van der Waals surface area contributed by atoms with Crippen molar-refractivity contribution in [1.82, 2.24) is 0 Å². The van der Waals surface area contributed by atoms with Gasteiger partial charge in [-0.05, 0) is 55.9 Å². The Kier molecular flexibility index (Phi) is 5.20. The Morgan fingerprint density at radius 2 is 1.41 bits per heavy atom. The van der Waals surface area contributed by atoms with Crippen molar-refractivity contribution in [3.05, 3.63) is 35.4 Å². The first-order valence-electron chi connectivity index (χ1n) is 9.09. The lowest BCUT2D eigenvalue weighted by molar-refractivity contribution is -0.00378. The second kappa shape index (κ2) is 7.14. The number of aliphatic hydroxyl groups is 2. The van der Waals surface area contributed by atoms with Crippen LogP contribution in [0.2, 0.25) is 0 Å². The molecule has 22 heavy (non-hydrogen) atoms. The maximum absolute atomic E-state index is 10.6.